The summed E-state index contributed by atoms with van der Waals surface area (Å²) >= 11 is 0. The molecule has 4 nitrogen and oxygen atoms in total. The topological polar surface area (TPSA) is 46.0 Å². The molecule has 2 unspecified atom stereocenters. The number of nitrogens with one attached hydrogen (secondary N) is 1. The molecule has 3 heterocycles. The van der Waals surface area contributed by atoms with Gasteiger partial charge in [0.2, 0.25) is 0 Å². The number of hydrogen-bond donors (Lipinski definition) is 1. The monoisotopic (exact) mass is 268 g/mol. The van der Waals surface area contributed by atoms with Crippen LogP contribution in [-0.4, -0.2) is 19.6 Å². The maximum absolute atomic E-state index is 4.54. The lowest BCUT2D eigenvalue weighted by Gasteiger charge is -2.27. The van der Waals surface area contributed by atoms with E-state index < -0.39 is 0 Å². The molecule has 1 N–H and O–H groups in total. The van der Waals surface area contributed by atoms with Gasteiger partial charge in [0.15, 0.2) is 5.65 Å². The molecule has 1 fully saturated rings. The van der Waals surface area contributed by atoms with E-state index in [-0.39, 0.29) is 0 Å². The molecule has 0 radical (unpaired) electrons. The van der Waals surface area contributed by atoms with Crippen LogP contribution in [0.4, 0.5) is 0 Å². The Labute approximate surface area is 118 Å². The fraction of sp³-hybridized carbons (Fsp3) is 0.500. The van der Waals surface area contributed by atoms with Crippen molar-refractivity contribution in [2.24, 2.45) is 5.92 Å². The Bertz CT molecular complexity index is 767. The van der Waals surface area contributed by atoms with Gasteiger partial charge in [-0.3, -0.25) is 4.40 Å². The van der Waals surface area contributed by atoms with Crippen LogP contribution in [0.1, 0.15) is 49.9 Å². The van der Waals surface area contributed by atoms with Crippen molar-refractivity contribution in [1.82, 2.24) is 19.6 Å². The third-order valence-corrected chi connectivity index (χ3v) is 4.86. The molecule has 3 aromatic rings. The number of aromatic nitrogens is 4. The van der Waals surface area contributed by atoms with E-state index in [9.17, 15) is 0 Å². The van der Waals surface area contributed by atoms with Gasteiger partial charge in [-0.25, -0.2) is 0 Å². The highest BCUT2D eigenvalue weighted by Gasteiger charge is 2.27. The van der Waals surface area contributed by atoms with Gasteiger partial charge in [-0.2, -0.15) is 0 Å². The summed E-state index contributed by atoms with van der Waals surface area (Å²) in [5.41, 5.74) is 4.61. The molecular weight excluding hydrogens is 248 g/mol. The molecule has 0 bridgehead atoms. The van der Waals surface area contributed by atoms with Gasteiger partial charge in [0, 0.05) is 12.1 Å². The first-order chi connectivity index (χ1) is 9.75. The molecule has 1 aliphatic carbocycles. The molecule has 0 saturated heterocycles. The molecule has 1 saturated carbocycles. The highest BCUT2D eigenvalue weighted by Crippen LogP contribution is 2.37. The average molecular weight is 268 g/mol. The zero-order chi connectivity index (χ0) is 13.7. The summed E-state index contributed by atoms with van der Waals surface area (Å²) in [6, 6.07) is 4.26. The maximum atomic E-state index is 4.54. The molecule has 104 valence electrons. The smallest absolute Gasteiger partial charge is 0.161 e. The second-order valence-electron chi connectivity index (χ2n) is 6.19. The number of pyridine rings is 1. The Balaban J connectivity index is 1.98. The van der Waals surface area contributed by atoms with Crippen molar-refractivity contribution in [3.63, 3.8) is 0 Å². The highest BCUT2D eigenvalue weighted by atomic mass is 15.3. The molecule has 2 atom stereocenters. The summed E-state index contributed by atoms with van der Waals surface area (Å²) in [6.07, 6.45) is 7.22. The summed E-state index contributed by atoms with van der Waals surface area (Å²) < 4.78 is 2.26. The van der Waals surface area contributed by atoms with Crippen LogP contribution in [0.2, 0.25) is 0 Å². The van der Waals surface area contributed by atoms with E-state index in [2.05, 4.69) is 45.6 Å². The Morgan fingerprint density at radius 1 is 1.25 bits per heavy atom. The van der Waals surface area contributed by atoms with Crippen LogP contribution in [0.3, 0.4) is 0 Å². The molecule has 0 amide bonds. The van der Waals surface area contributed by atoms with E-state index in [4.69, 9.17) is 0 Å². The van der Waals surface area contributed by atoms with Gasteiger partial charge < -0.3 is 4.98 Å². The Kier molecular flexibility index (Phi) is 2.59. The van der Waals surface area contributed by atoms with E-state index in [0.717, 1.165) is 11.5 Å². The van der Waals surface area contributed by atoms with Crippen LogP contribution >= 0.6 is 0 Å². The maximum Gasteiger partial charge on any atom is 0.161 e. The third-order valence-electron chi connectivity index (χ3n) is 4.86. The summed E-state index contributed by atoms with van der Waals surface area (Å²) in [5, 5.41) is 8.96. The van der Waals surface area contributed by atoms with Crippen molar-refractivity contribution in [3.8, 4) is 0 Å². The van der Waals surface area contributed by atoms with Crippen LogP contribution < -0.4 is 0 Å². The Morgan fingerprint density at radius 3 is 2.95 bits per heavy atom. The van der Waals surface area contributed by atoms with Crippen LogP contribution in [0.5, 0.6) is 0 Å². The molecule has 4 heteroatoms. The van der Waals surface area contributed by atoms with Crippen LogP contribution in [0, 0.1) is 12.8 Å². The van der Waals surface area contributed by atoms with Gasteiger partial charge in [-0.1, -0.05) is 26.2 Å². The van der Waals surface area contributed by atoms with E-state index in [1.807, 2.05) is 6.20 Å². The number of nitrogens with zero attached hydrogens (tertiary/aromatic N) is 3. The number of hydrogen-bond acceptors (Lipinski definition) is 2. The number of H-pyrrole nitrogens is 1. The molecule has 0 aliphatic heterocycles. The average Bonchev–Trinajstić information content (AvgIpc) is 3.05. The summed E-state index contributed by atoms with van der Waals surface area (Å²) in [5.74, 6) is 2.39. The lowest BCUT2D eigenvalue weighted by molar-refractivity contribution is 0.319. The highest BCUT2D eigenvalue weighted by molar-refractivity contribution is 5.82. The lowest BCUT2D eigenvalue weighted by atomic mass is 9.80. The predicted molar refractivity (Wildman–Crippen MR) is 80.0 cm³/mol. The van der Waals surface area contributed by atoms with Crippen molar-refractivity contribution >= 4 is 16.7 Å². The fourth-order valence-corrected chi connectivity index (χ4v) is 3.72. The van der Waals surface area contributed by atoms with Crippen LogP contribution in [0.15, 0.2) is 18.3 Å². The second-order valence-corrected chi connectivity index (χ2v) is 6.19. The van der Waals surface area contributed by atoms with E-state index in [1.54, 1.807) is 0 Å². The van der Waals surface area contributed by atoms with Crippen molar-refractivity contribution in [1.29, 1.82) is 0 Å². The van der Waals surface area contributed by atoms with Gasteiger partial charge in [0.1, 0.15) is 5.82 Å². The molecular formula is C16H20N4. The van der Waals surface area contributed by atoms with Gasteiger partial charge in [0.05, 0.1) is 11.0 Å². The molecule has 0 aromatic carbocycles. The van der Waals surface area contributed by atoms with Gasteiger partial charge in [-0.05, 0) is 37.0 Å². The lowest BCUT2D eigenvalue weighted by Crippen LogP contribution is -2.17. The first-order valence-electron chi connectivity index (χ1n) is 7.57. The minimum atomic E-state index is 0.541. The predicted octanol–water partition coefficient (Wildman–Crippen LogP) is 3.81. The summed E-state index contributed by atoms with van der Waals surface area (Å²) in [6.45, 7) is 4.48. The summed E-state index contributed by atoms with van der Waals surface area (Å²) in [4.78, 5) is 3.33. The standard InChI is InChI=1S/C16H20N4/c1-10-5-3-4-6-12(10)16-19-18-14-9-11(2)15-13(20(14)16)7-8-17-15/h7-10,12,17H,3-6H2,1-2H3. The first-order valence-corrected chi connectivity index (χ1v) is 7.57. The zero-order valence-corrected chi connectivity index (χ0v) is 12.1. The molecule has 20 heavy (non-hydrogen) atoms. The third kappa shape index (κ3) is 1.60. The molecule has 4 rings (SSSR count). The van der Waals surface area contributed by atoms with E-state index in [1.165, 1.54) is 42.3 Å². The van der Waals surface area contributed by atoms with Crippen molar-refractivity contribution in [3.05, 3.63) is 29.7 Å². The fourth-order valence-electron chi connectivity index (χ4n) is 3.72. The molecule has 0 spiro atoms. The van der Waals surface area contributed by atoms with Crippen molar-refractivity contribution in [2.45, 2.75) is 45.4 Å². The number of rotatable bonds is 1. The zero-order valence-electron chi connectivity index (χ0n) is 12.1. The largest absolute Gasteiger partial charge is 0.360 e. The van der Waals surface area contributed by atoms with Gasteiger partial charge >= 0.3 is 0 Å². The van der Waals surface area contributed by atoms with Crippen molar-refractivity contribution in [2.75, 3.05) is 0 Å². The second kappa shape index (κ2) is 4.33. The van der Waals surface area contributed by atoms with Crippen LogP contribution in [0.25, 0.3) is 16.7 Å². The first kappa shape index (κ1) is 11.9. The number of aromatic amines is 1. The van der Waals surface area contributed by atoms with E-state index >= 15 is 0 Å². The van der Waals surface area contributed by atoms with Gasteiger partial charge in [-0.15, -0.1) is 10.2 Å². The Morgan fingerprint density at radius 2 is 2.10 bits per heavy atom. The normalized spacial score (nSPS) is 23.7. The minimum Gasteiger partial charge on any atom is -0.360 e. The van der Waals surface area contributed by atoms with Crippen LogP contribution in [-0.2, 0) is 0 Å². The quantitative estimate of drug-likeness (QED) is 0.729. The molecule has 1 aliphatic rings. The summed E-state index contributed by atoms with van der Waals surface area (Å²) in [7, 11) is 0. The van der Waals surface area contributed by atoms with Gasteiger partial charge in [0.25, 0.3) is 0 Å². The SMILES string of the molecule is Cc1cc2nnc(C3CCCCC3C)n2c2cc[nH]c12. The Hall–Kier alpha value is -1.84. The number of fused-ring (bicyclic) bond motifs is 3. The van der Waals surface area contributed by atoms with Crippen molar-refractivity contribution < 1.29 is 0 Å². The number of aryl methyl sites for hydroxylation is 1. The molecule has 3 aromatic heterocycles. The minimum absolute atomic E-state index is 0.541. The van der Waals surface area contributed by atoms with E-state index in [0.29, 0.717) is 11.8 Å².